The minimum atomic E-state index is -0.324. The lowest BCUT2D eigenvalue weighted by Crippen LogP contribution is -2.36. The van der Waals surface area contributed by atoms with E-state index in [1.165, 1.54) is 0 Å². The summed E-state index contributed by atoms with van der Waals surface area (Å²) in [5, 5.41) is 9.69. The van der Waals surface area contributed by atoms with Crippen LogP contribution in [0.4, 0.5) is 5.95 Å². The summed E-state index contributed by atoms with van der Waals surface area (Å²) in [6.45, 7) is 6.19. The highest BCUT2D eigenvalue weighted by molar-refractivity contribution is 5.93. The molecule has 1 aromatic rings. The number of anilines is 1. The van der Waals surface area contributed by atoms with E-state index in [4.69, 9.17) is 10.5 Å². The van der Waals surface area contributed by atoms with E-state index in [1.807, 2.05) is 13.8 Å². The predicted molar refractivity (Wildman–Crippen MR) is 80.3 cm³/mol. The molecule has 0 saturated carbocycles. The van der Waals surface area contributed by atoms with E-state index >= 15 is 0 Å². The Balaban J connectivity index is 1.84. The zero-order valence-corrected chi connectivity index (χ0v) is 13.0. The number of aliphatic hydroxyl groups excluding tert-OH is 1. The number of rotatable bonds is 3. The van der Waals surface area contributed by atoms with Crippen molar-refractivity contribution >= 4 is 11.9 Å². The van der Waals surface area contributed by atoms with Gasteiger partial charge < -0.3 is 20.5 Å². The molecule has 3 N–H and O–H groups in total. The first-order valence-corrected chi connectivity index (χ1v) is 7.57. The first-order valence-electron chi connectivity index (χ1n) is 7.57. The lowest BCUT2D eigenvalue weighted by atomic mass is 9.82. The Hall–Kier alpha value is -1.73. The van der Waals surface area contributed by atoms with Crippen LogP contribution in [0.15, 0.2) is 6.07 Å². The minimum Gasteiger partial charge on any atom is -0.396 e. The second-order valence-corrected chi connectivity index (χ2v) is 6.61. The fourth-order valence-corrected chi connectivity index (χ4v) is 3.26. The number of nitrogen functional groups attached to an aromatic ring is 1. The van der Waals surface area contributed by atoms with Crippen molar-refractivity contribution in [2.75, 3.05) is 38.6 Å². The predicted octanol–water partition coefficient (Wildman–Crippen LogP) is 0.263. The van der Waals surface area contributed by atoms with E-state index in [9.17, 15) is 9.90 Å². The Morgan fingerprint density at radius 2 is 2.36 bits per heavy atom. The number of carbonyl (C=O) groups excluding carboxylic acids is 1. The fraction of sp³-hybridized carbons (Fsp3) is 0.667. The van der Waals surface area contributed by atoms with Gasteiger partial charge >= 0.3 is 0 Å². The maximum atomic E-state index is 12.7. The van der Waals surface area contributed by atoms with Crippen molar-refractivity contribution in [3.05, 3.63) is 17.5 Å². The van der Waals surface area contributed by atoms with Crippen molar-refractivity contribution in [3.8, 4) is 0 Å². The molecule has 2 atom stereocenters. The van der Waals surface area contributed by atoms with E-state index in [1.54, 1.807) is 11.0 Å². The average Bonchev–Trinajstić information content (AvgIpc) is 3.02. The third-order valence-electron chi connectivity index (χ3n) is 4.70. The minimum absolute atomic E-state index is 0.0323. The van der Waals surface area contributed by atoms with Gasteiger partial charge in [0.1, 0.15) is 5.69 Å². The van der Waals surface area contributed by atoms with Crippen molar-refractivity contribution in [2.24, 2.45) is 11.3 Å². The number of nitrogens with two attached hydrogens (primary N) is 1. The van der Waals surface area contributed by atoms with Crippen molar-refractivity contribution < 1.29 is 14.6 Å². The van der Waals surface area contributed by atoms with Crippen molar-refractivity contribution in [2.45, 2.75) is 19.8 Å². The average molecular weight is 306 g/mol. The smallest absolute Gasteiger partial charge is 0.272 e. The van der Waals surface area contributed by atoms with Crippen molar-refractivity contribution in [1.82, 2.24) is 14.9 Å². The van der Waals surface area contributed by atoms with E-state index in [2.05, 4.69) is 9.97 Å². The number of likely N-dealkylation sites (tertiary alicyclic amines) is 1. The molecular weight excluding hydrogens is 284 g/mol. The Labute approximate surface area is 129 Å². The van der Waals surface area contributed by atoms with Gasteiger partial charge in [-0.2, -0.15) is 0 Å². The molecule has 1 aromatic heterocycles. The van der Waals surface area contributed by atoms with Gasteiger partial charge in [-0.3, -0.25) is 4.79 Å². The van der Waals surface area contributed by atoms with Gasteiger partial charge in [-0.15, -0.1) is 0 Å². The molecule has 2 aliphatic heterocycles. The number of ether oxygens (including phenoxy) is 1. The van der Waals surface area contributed by atoms with Crippen LogP contribution in [0.1, 0.15) is 35.9 Å². The number of amides is 1. The summed E-state index contributed by atoms with van der Waals surface area (Å²) >= 11 is 0. The van der Waals surface area contributed by atoms with Gasteiger partial charge in [0.25, 0.3) is 5.91 Å². The monoisotopic (exact) mass is 306 g/mol. The molecule has 2 saturated heterocycles. The molecule has 0 radical (unpaired) electrons. The lowest BCUT2D eigenvalue weighted by molar-refractivity contribution is 0.0626. The molecule has 7 nitrogen and oxygen atoms in total. The Bertz CT molecular complexity index is 592. The van der Waals surface area contributed by atoms with E-state index in [0.717, 1.165) is 5.69 Å². The molecule has 0 aromatic carbocycles. The van der Waals surface area contributed by atoms with Crippen LogP contribution in [0.2, 0.25) is 0 Å². The third-order valence-corrected chi connectivity index (χ3v) is 4.70. The summed E-state index contributed by atoms with van der Waals surface area (Å²) in [6.07, 6.45) is 0. The largest absolute Gasteiger partial charge is 0.396 e. The standard InChI is InChI=1S/C15H22N4O3/c1-9(2)11-3-12(18-14(16)17-11)13(21)19-4-10-5-22-8-15(10,6-19)7-20/h3,9-10,20H,4-8H2,1-2H3,(H2,16,17,18)/t10-,15-/m0/s1. The summed E-state index contributed by atoms with van der Waals surface area (Å²) in [4.78, 5) is 22.7. The SMILES string of the molecule is CC(C)c1cc(C(=O)N2C[C@H]3COC[C@@]3(CO)C2)nc(N)n1. The van der Waals surface area contributed by atoms with Gasteiger partial charge in [0.05, 0.1) is 19.8 Å². The first kappa shape index (κ1) is 15.2. The molecule has 1 amide bonds. The first-order chi connectivity index (χ1) is 10.4. The second-order valence-electron chi connectivity index (χ2n) is 6.61. The molecule has 22 heavy (non-hydrogen) atoms. The van der Waals surface area contributed by atoms with Crippen LogP contribution in [0.25, 0.3) is 0 Å². The van der Waals surface area contributed by atoms with E-state index < -0.39 is 0 Å². The van der Waals surface area contributed by atoms with Gasteiger partial charge in [-0.05, 0) is 12.0 Å². The molecule has 120 valence electrons. The van der Waals surface area contributed by atoms with Crippen LogP contribution in [-0.4, -0.2) is 58.8 Å². The molecule has 3 rings (SSSR count). The van der Waals surface area contributed by atoms with Crippen LogP contribution in [0.3, 0.4) is 0 Å². The Morgan fingerprint density at radius 3 is 3.00 bits per heavy atom. The molecule has 0 aliphatic carbocycles. The van der Waals surface area contributed by atoms with Gasteiger partial charge in [0.2, 0.25) is 5.95 Å². The highest BCUT2D eigenvalue weighted by Gasteiger charge is 2.51. The molecule has 3 heterocycles. The summed E-state index contributed by atoms with van der Waals surface area (Å²) in [6, 6.07) is 1.71. The molecule has 2 fully saturated rings. The number of carbonyl (C=O) groups is 1. The molecule has 2 aliphatic rings. The number of aliphatic hydroxyl groups is 1. The van der Waals surface area contributed by atoms with Gasteiger partial charge in [0.15, 0.2) is 0 Å². The van der Waals surface area contributed by atoms with Gasteiger partial charge in [-0.25, -0.2) is 9.97 Å². The summed E-state index contributed by atoms with van der Waals surface area (Å²) < 4.78 is 5.47. The Kier molecular flexibility index (Phi) is 3.78. The second kappa shape index (κ2) is 5.48. The quantitative estimate of drug-likeness (QED) is 0.831. The number of hydrogen-bond donors (Lipinski definition) is 2. The number of aromatic nitrogens is 2. The molecule has 0 spiro atoms. The Morgan fingerprint density at radius 1 is 1.59 bits per heavy atom. The summed E-state index contributed by atoms with van der Waals surface area (Å²) in [7, 11) is 0. The van der Waals surface area contributed by atoms with Crippen molar-refractivity contribution in [3.63, 3.8) is 0 Å². The topological polar surface area (TPSA) is 102 Å². The molecule has 0 unspecified atom stereocenters. The molecule has 0 bridgehead atoms. The zero-order chi connectivity index (χ0) is 15.9. The zero-order valence-electron chi connectivity index (χ0n) is 13.0. The van der Waals surface area contributed by atoms with Crippen LogP contribution in [0.5, 0.6) is 0 Å². The fourth-order valence-electron chi connectivity index (χ4n) is 3.26. The normalized spacial score (nSPS) is 27.5. The van der Waals surface area contributed by atoms with Crippen LogP contribution in [0, 0.1) is 11.3 Å². The summed E-state index contributed by atoms with van der Waals surface area (Å²) in [5.41, 5.74) is 6.48. The highest BCUT2D eigenvalue weighted by atomic mass is 16.5. The number of hydrogen-bond acceptors (Lipinski definition) is 6. The molecule has 7 heteroatoms. The lowest BCUT2D eigenvalue weighted by Gasteiger charge is -2.24. The number of nitrogens with zero attached hydrogens (tertiary/aromatic N) is 3. The van der Waals surface area contributed by atoms with Crippen LogP contribution < -0.4 is 5.73 Å². The summed E-state index contributed by atoms with van der Waals surface area (Å²) in [5.74, 6) is 0.324. The molecular formula is C15H22N4O3. The maximum absolute atomic E-state index is 12.7. The van der Waals surface area contributed by atoms with Gasteiger partial charge in [-0.1, -0.05) is 13.8 Å². The van der Waals surface area contributed by atoms with Crippen molar-refractivity contribution in [1.29, 1.82) is 0 Å². The van der Waals surface area contributed by atoms with Crippen LogP contribution >= 0.6 is 0 Å². The highest BCUT2D eigenvalue weighted by Crippen LogP contribution is 2.41. The van der Waals surface area contributed by atoms with Crippen LogP contribution in [-0.2, 0) is 4.74 Å². The van der Waals surface area contributed by atoms with Gasteiger partial charge in [0, 0.05) is 30.1 Å². The maximum Gasteiger partial charge on any atom is 0.272 e. The third kappa shape index (κ3) is 2.44. The van der Waals surface area contributed by atoms with E-state index in [0.29, 0.717) is 32.0 Å². The number of fused-ring (bicyclic) bond motifs is 1. The van der Waals surface area contributed by atoms with E-state index in [-0.39, 0.29) is 35.7 Å².